The first-order valence-corrected chi connectivity index (χ1v) is 31.6. The molecule has 2 heterocycles. The average Bonchev–Trinajstić information content (AvgIpc) is 1.39. The molecule has 21 nitrogen and oxygen atoms in total. The van der Waals surface area contributed by atoms with E-state index in [1.165, 1.54) is 19.1 Å². The van der Waals surface area contributed by atoms with Crippen molar-refractivity contribution in [2.24, 2.45) is 40.2 Å². The summed E-state index contributed by atoms with van der Waals surface area (Å²) in [6.07, 6.45) is -0.988. The number of Topliss-reactive ketones (excluding diaryl/α,β-unsaturated/α-hetero) is 2. The minimum Gasteiger partial charge on any atom is -0.390 e. The number of allylic oxidation sites excluding steroid dienone is 4. The molecule has 490 valence electrons. The molecule has 2 aromatic carbocycles. The third-order valence-electron chi connectivity index (χ3n) is 18.9. The number of nitrogens with zero attached hydrogens (tertiary/aromatic N) is 1. The van der Waals surface area contributed by atoms with Crippen LogP contribution >= 0.6 is 0 Å². The SMILES string of the molecule is CCCC1O[C@@H]2C[C@H]3[C@@H]4C[C@H](F)C5=CC(=O)C=C[C@]5(C)[C@@]4(F)[C@@H](O)C[C@]3(C)[C@]2(C(=O)CNC(=O)[C@H](CCCNC(N)=O)CC(=O)[C@@H](NC(=O)CCOCCOCCOCCOCCNC(=O)CCC(=O)N2Cc3ccccc3C#Cc3ccccc32)C(C)C)O1. The fourth-order valence-corrected chi connectivity index (χ4v) is 14.3. The number of nitrogens with one attached hydrogen (secondary N) is 4. The summed E-state index contributed by atoms with van der Waals surface area (Å²) >= 11 is 0. The number of alkyl halides is 2. The van der Waals surface area contributed by atoms with Gasteiger partial charge in [-0.3, -0.25) is 33.6 Å². The molecule has 7 N–H and O–H groups in total. The molecule has 4 aliphatic carbocycles. The van der Waals surface area contributed by atoms with Crippen molar-refractivity contribution < 1.29 is 80.7 Å². The number of rotatable bonds is 33. The van der Waals surface area contributed by atoms with Gasteiger partial charge in [0.15, 0.2) is 34.9 Å². The topological polar surface area (TPSA) is 290 Å². The van der Waals surface area contributed by atoms with E-state index in [0.717, 1.165) is 22.8 Å². The van der Waals surface area contributed by atoms with Gasteiger partial charge < -0.3 is 65.4 Å². The molecule has 23 heteroatoms. The van der Waals surface area contributed by atoms with Crippen molar-refractivity contribution in [3.05, 3.63) is 89.0 Å². The van der Waals surface area contributed by atoms with Crippen LogP contribution in [0.15, 0.2) is 72.3 Å². The molecule has 6 amide bonds. The number of aliphatic hydroxyl groups excluding tert-OH is 1. The summed E-state index contributed by atoms with van der Waals surface area (Å²) in [5.41, 5.74) is 1.38. The molecular weight excluding hydrogens is 1170 g/mol. The predicted octanol–water partition coefficient (Wildman–Crippen LogP) is 5.35. The minimum absolute atomic E-state index is 0.0244. The van der Waals surface area contributed by atoms with Gasteiger partial charge in [0, 0.05) is 72.6 Å². The summed E-state index contributed by atoms with van der Waals surface area (Å²) in [7, 11) is 0. The number of carbonyl (C=O) groups excluding carboxylic acids is 8. The number of ketones is 3. The van der Waals surface area contributed by atoms with Crippen LogP contribution in [0.2, 0.25) is 0 Å². The molecule has 4 fully saturated rings. The van der Waals surface area contributed by atoms with Gasteiger partial charge in [0.05, 0.1) is 89.9 Å². The Morgan fingerprint density at radius 1 is 0.822 bits per heavy atom. The zero-order valence-corrected chi connectivity index (χ0v) is 52.3. The Hall–Kier alpha value is -6.78. The summed E-state index contributed by atoms with van der Waals surface area (Å²) in [6.45, 7) is 10.6. The Labute approximate surface area is 525 Å². The second kappa shape index (κ2) is 31.0. The number of amides is 6. The number of benzene rings is 2. The number of hydrogen-bond donors (Lipinski definition) is 6. The molecule has 2 aliphatic heterocycles. The largest absolute Gasteiger partial charge is 0.390 e. The smallest absolute Gasteiger partial charge is 0.312 e. The molecule has 8 rings (SSSR count). The molecule has 90 heavy (non-hydrogen) atoms. The third kappa shape index (κ3) is 15.4. The average molecular weight is 1260 g/mol. The van der Waals surface area contributed by atoms with Crippen molar-refractivity contribution >= 4 is 52.7 Å². The van der Waals surface area contributed by atoms with E-state index >= 15 is 13.6 Å². The number of primary amides is 1. The van der Waals surface area contributed by atoms with Crippen molar-refractivity contribution in [3.8, 4) is 11.8 Å². The Morgan fingerprint density at radius 2 is 1.49 bits per heavy atom. The molecule has 1 unspecified atom stereocenters. The number of anilines is 1. The zero-order valence-electron chi connectivity index (χ0n) is 52.3. The van der Waals surface area contributed by atoms with Crippen LogP contribution in [0.1, 0.15) is 122 Å². The van der Waals surface area contributed by atoms with E-state index in [1.54, 1.807) is 25.7 Å². The van der Waals surface area contributed by atoms with Crippen molar-refractivity contribution in [2.45, 2.75) is 154 Å². The summed E-state index contributed by atoms with van der Waals surface area (Å²) in [5.74, 6) is 0.0857. The molecule has 0 radical (unpaired) electrons. The van der Waals surface area contributed by atoms with Gasteiger partial charge >= 0.3 is 6.03 Å². The maximum atomic E-state index is 18.0. The van der Waals surface area contributed by atoms with Gasteiger partial charge in [0.2, 0.25) is 23.6 Å². The highest BCUT2D eigenvalue weighted by Crippen LogP contribution is 2.72. The van der Waals surface area contributed by atoms with Gasteiger partial charge in [0.25, 0.3) is 0 Å². The van der Waals surface area contributed by atoms with Crippen molar-refractivity contribution in [2.75, 3.05) is 77.4 Å². The summed E-state index contributed by atoms with van der Waals surface area (Å²) < 4.78 is 69.7. The molecule has 0 bridgehead atoms. The first-order valence-electron chi connectivity index (χ1n) is 31.6. The highest BCUT2D eigenvalue weighted by atomic mass is 19.1. The van der Waals surface area contributed by atoms with E-state index in [2.05, 4.69) is 33.1 Å². The van der Waals surface area contributed by atoms with E-state index in [1.807, 2.05) is 55.5 Å². The Kier molecular flexibility index (Phi) is 23.8. The van der Waals surface area contributed by atoms with Crippen LogP contribution in [0.25, 0.3) is 0 Å². The van der Waals surface area contributed by atoms with Crippen LogP contribution in [0.5, 0.6) is 0 Å². The monoisotopic (exact) mass is 1250 g/mol. The van der Waals surface area contributed by atoms with Gasteiger partial charge in [-0.25, -0.2) is 13.6 Å². The predicted molar refractivity (Wildman–Crippen MR) is 326 cm³/mol. The van der Waals surface area contributed by atoms with Crippen molar-refractivity contribution in [3.63, 3.8) is 0 Å². The Morgan fingerprint density at radius 3 is 2.19 bits per heavy atom. The van der Waals surface area contributed by atoms with Gasteiger partial charge in [-0.2, -0.15) is 0 Å². The molecule has 0 aromatic heterocycles. The summed E-state index contributed by atoms with van der Waals surface area (Å²) in [5, 5.41) is 22.8. The van der Waals surface area contributed by atoms with Crippen molar-refractivity contribution in [1.29, 1.82) is 0 Å². The van der Waals surface area contributed by atoms with E-state index < -0.39 is 112 Å². The molecular formula is C67H88F2N6O15. The van der Waals surface area contributed by atoms with Crippen LogP contribution < -0.4 is 31.9 Å². The molecule has 3 saturated carbocycles. The highest BCUT2D eigenvalue weighted by Gasteiger charge is 2.80. The number of para-hydroxylation sites is 1. The maximum Gasteiger partial charge on any atom is 0.312 e. The Bertz CT molecular complexity index is 3080. The molecule has 6 aliphatic rings. The third-order valence-corrected chi connectivity index (χ3v) is 18.9. The second-order valence-electron chi connectivity index (χ2n) is 25.0. The number of carbonyl (C=O) groups is 8. The standard InChI is InChI=1S/C67H88F2N6O15/c1-6-12-60-89-56-38-48-49-37-51(68)50-36-47(76)22-24-64(50,4)66(49,69)54(78)39-65(48,5)67(56,90-60)55(79)40-73-62(83)45(16-11-25-72-63(70)84)35-53(77)61(42(2)3)74-58(81)23-27-85-29-31-87-33-34-88-32-30-86-28-26-71-57(80)20-21-59(82)75-41-46-15-8-7-13-43(46)18-19-44-14-9-10-17-52(44)75/h7-10,13-15,17,22,24,36,42,45,48-49,51,54,56,60-61,78H,6,11-12,16,20-21,23,25-35,37-41H2,1-5H3,(H,71,80)(H,73,83)(H,74,81)(H3,70,72,84)/t45-,48+,49+,51+,54+,56-,60?,61+,64+,65+,66+,67-/m1/s1. The minimum atomic E-state index is -2.41. The van der Waals surface area contributed by atoms with Crippen LogP contribution in [-0.2, 0) is 68.5 Å². The number of hydrogen-bond acceptors (Lipinski definition) is 15. The van der Waals surface area contributed by atoms with Gasteiger partial charge in [-0.15, -0.1) is 0 Å². The number of urea groups is 1. The van der Waals surface area contributed by atoms with Gasteiger partial charge in [0.1, 0.15) is 6.17 Å². The number of halogens is 2. The maximum absolute atomic E-state index is 18.0. The number of ether oxygens (including phenoxy) is 6. The Balaban J connectivity index is 0.726. The lowest BCUT2D eigenvalue weighted by Crippen LogP contribution is -2.71. The first-order chi connectivity index (χ1) is 43.1. The lowest BCUT2D eigenvalue weighted by Gasteiger charge is -2.63. The lowest BCUT2D eigenvalue weighted by atomic mass is 9.44. The second-order valence-corrected chi connectivity index (χ2v) is 25.0. The summed E-state index contributed by atoms with van der Waals surface area (Å²) in [6, 6.07) is 13.4. The first kappa shape index (κ1) is 69.1. The van der Waals surface area contributed by atoms with E-state index in [4.69, 9.17) is 34.2 Å². The van der Waals surface area contributed by atoms with Crippen LogP contribution in [-0.4, -0.2) is 167 Å². The van der Waals surface area contributed by atoms with Crippen molar-refractivity contribution in [1.82, 2.24) is 21.3 Å². The molecule has 2 aromatic rings. The number of fused-ring (bicyclic) bond motifs is 9. The van der Waals surface area contributed by atoms with Crippen LogP contribution in [0, 0.1) is 46.3 Å². The van der Waals surface area contributed by atoms with E-state index in [9.17, 15) is 38.7 Å². The zero-order chi connectivity index (χ0) is 64.8. The fourth-order valence-electron chi connectivity index (χ4n) is 14.3. The normalized spacial score (nSPS) is 27.5. The van der Waals surface area contributed by atoms with Gasteiger partial charge in [-0.05, 0) is 98.8 Å². The highest BCUT2D eigenvalue weighted by molar-refractivity contribution is 6.02. The lowest BCUT2D eigenvalue weighted by molar-refractivity contribution is -0.234. The fraction of sp³-hybridized carbons (Fsp3) is 0.612. The van der Waals surface area contributed by atoms with Crippen LogP contribution in [0.3, 0.4) is 0 Å². The molecule has 1 saturated heterocycles. The summed E-state index contributed by atoms with van der Waals surface area (Å²) in [4.78, 5) is 108. The molecule has 12 atom stereocenters. The van der Waals surface area contributed by atoms with Crippen LogP contribution in [0.4, 0.5) is 19.3 Å². The number of aliphatic hydroxyl groups is 1. The number of nitrogens with two attached hydrogens (primary N) is 1. The quantitative estimate of drug-likeness (QED) is 0.0388. The molecule has 0 spiro atoms. The van der Waals surface area contributed by atoms with E-state index in [0.29, 0.717) is 44.9 Å². The van der Waals surface area contributed by atoms with Gasteiger partial charge in [-0.1, -0.05) is 82.4 Å². The van der Waals surface area contributed by atoms with E-state index in [-0.39, 0.29) is 127 Å².